The summed E-state index contributed by atoms with van der Waals surface area (Å²) in [5.74, 6) is 5.58. The molecule has 17 heavy (non-hydrogen) atoms. The van der Waals surface area contributed by atoms with E-state index in [1.165, 1.54) is 0 Å². The van der Waals surface area contributed by atoms with Gasteiger partial charge in [0.2, 0.25) is 0 Å². The molecule has 0 radical (unpaired) electrons. The number of nitrogens with two attached hydrogens (primary N) is 1. The lowest BCUT2D eigenvalue weighted by molar-refractivity contribution is 0.545. The molecule has 5 nitrogen and oxygen atoms in total. The molecule has 0 spiro atoms. The monoisotopic (exact) mass is 295 g/mol. The van der Waals surface area contributed by atoms with Crippen LogP contribution >= 0.6 is 15.9 Å². The molecule has 0 aliphatic carbocycles. The number of aromatic nitrogens is 3. The average molecular weight is 296 g/mol. The van der Waals surface area contributed by atoms with Gasteiger partial charge < -0.3 is 0 Å². The fourth-order valence-corrected chi connectivity index (χ4v) is 1.93. The molecule has 0 amide bonds. The average Bonchev–Trinajstić information content (AvgIpc) is 2.73. The molecule has 1 atom stereocenters. The van der Waals surface area contributed by atoms with Crippen LogP contribution in [-0.2, 0) is 13.5 Å². The van der Waals surface area contributed by atoms with Crippen LogP contribution in [0.4, 0.5) is 0 Å². The number of rotatable bonds is 4. The number of aryl methyl sites for hydroxylation is 1. The van der Waals surface area contributed by atoms with E-state index in [1.54, 1.807) is 4.68 Å². The van der Waals surface area contributed by atoms with Gasteiger partial charge in [0.05, 0.1) is 11.7 Å². The molecule has 6 heteroatoms. The van der Waals surface area contributed by atoms with Crippen molar-refractivity contribution in [2.45, 2.75) is 12.5 Å². The van der Waals surface area contributed by atoms with Crippen LogP contribution in [0.3, 0.4) is 0 Å². The lowest BCUT2D eigenvalue weighted by Crippen LogP contribution is -2.29. The minimum Gasteiger partial charge on any atom is -0.271 e. The van der Waals surface area contributed by atoms with Crippen LogP contribution in [0.25, 0.3) is 0 Å². The molecule has 1 aromatic heterocycles. The van der Waals surface area contributed by atoms with Gasteiger partial charge in [0.25, 0.3) is 0 Å². The van der Waals surface area contributed by atoms with Gasteiger partial charge in [-0.25, -0.2) is 0 Å². The molecule has 0 aliphatic rings. The van der Waals surface area contributed by atoms with Crippen molar-refractivity contribution < 1.29 is 0 Å². The normalized spacial score (nSPS) is 12.6. The van der Waals surface area contributed by atoms with Crippen LogP contribution in [0.5, 0.6) is 0 Å². The molecule has 0 saturated heterocycles. The maximum atomic E-state index is 5.58. The van der Waals surface area contributed by atoms with Crippen molar-refractivity contribution in [1.82, 2.24) is 20.4 Å². The van der Waals surface area contributed by atoms with E-state index < -0.39 is 0 Å². The Bertz CT molecular complexity index is 479. The van der Waals surface area contributed by atoms with Crippen molar-refractivity contribution in [2.75, 3.05) is 0 Å². The summed E-state index contributed by atoms with van der Waals surface area (Å²) >= 11 is 3.41. The number of hydrogen-bond acceptors (Lipinski definition) is 4. The van der Waals surface area contributed by atoms with Crippen molar-refractivity contribution in [3.8, 4) is 0 Å². The Morgan fingerprint density at radius 3 is 2.65 bits per heavy atom. The van der Waals surface area contributed by atoms with Gasteiger partial charge in [-0.15, -0.1) is 5.10 Å². The largest absolute Gasteiger partial charge is 0.271 e. The predicted molar refractivity (Wildman–Crippen MR) is 68.9 cm³/mol. The fourth-order valence-electron chi connectivity index (χ4n) is 1.67. The fraction of sp³-hybridized carbons (Fsp3) is 0.273. The zero-order valence-electron chi connectivity index (χ0n) is 9.47. The summed E-state index contributed by atoms with van der Waals surface area (Å²) in [6.45, 7) is 0. The third-order valence-electron chi connectivity index (χ3n) is 2.54. The highest BCUT2D eigenvalue weighted by atomic mass is 79.9. The Hall–Kier alpha value is -1.24. The van der Waals surface area contributed by atoms with Crippen LogP contribution in [0.1, 0.15) is 17.3 Å². The molecular weight excluding hydrogens is 282 g/mol. The zero-order chi connectivity index (χ0) is 12.3. The Morgan fingerprint density at radius 1 is 1.41 bits per heavy atom. The second-order valence-electron chi connectivity index (χ2n) is 3.86. The van der Waals surface area contributed by atoms with Crippen molar-refractivity contribution in [1.29, 1.82) is 0 Å². The third-order valence-corrected chi connectivity index (χ3v) is 3.07. The molecule has 1 aromatic carbocycles. The highest BCUT2D eigenvalue weighted by Crippen LogP contribution is 2.19. The van der Waals surface area contributed by atoms with Gasteiger partial charge in [-0.2, -0.15) is 0 Å². The Balaban J connectivity index is 2.13. The van der Waals surface area contributed by atoms with Crippen molar-refractivity contribution >= 4 is 15.9 Å². The van der Waals surface area contributed by atoms with E-state index in [9.17, 15) is 0 Å². The smallest absolute Gasteiger partial charge is 0.0846 e. The molecule has 90 valence electrons. The summed E-state index contributed by atoms with van der Waals surface area (Å²) in [7, 11) is 1.85. The lowest BCUT2D eigenvalue weighted by Gasteiger charge is -2.14. The summed E-state index contributed by atoms with van der Waals surface area (Å²) in [4.78, 5) is 0. The molecule has 1 heterocycles. The van der Waals surface area contributed by atoms with Crippen LogP contribution in [0.15, 0.2) is 34.9 Å². The molecule has 2 aromatic rings. The van der Waals surface area contributed by atoms with Gasteiger partial charge in [0.15, 0.2) is 0 Å². The molecule has 0 bridgehead atoms. The molecule has 1 unspecified atom stereocenters. The quantitative estimate of drug-likeness (QED) is 0.659. The van der Waals surface area contributed by atoms with Gasteiger partial charge in [-0.05, 0) is 17.7 Å². The molecule has 0 saturated carbocycles. The SMILES string of the molecule is Cn1cc(CC(NN)c2ccc(Br)cc2)nn1. The van der Waals surface area contributed by atoms with E-state index in [-0.39, 0.29) is 6.04 Å². The first-order valence-corrected chi connectivity index (χ1v) is 6.05. The van der Waals surface area contributed by atoms with E-state index in [4.69, 9.17) is 5.84 Å². The van der Waals surface area contributed by atoms with Crippen molar-refractivity contribution in [2.24, 2.45) is 12.9 Å². The number of hydrogen-bond donors (Lipinski definition) is 2. The zero-order valence-corrected chi connectivity index (χ0v) is 11.1. The molecule has 0 aliphatic heterocycles. The van der Waals surface area contributed by atoms with Gasteiger partial charge >= 0.3 is 0 Å². The molecule has 2 rings (SSSR count). The number of nitrogens with zero attached hydrogens (tertiary/aromatic N) is 3. The van der Waals surface area contributed by atoms with Gasteiger partial charge in [-0.1, -0.05) is 33.3 Å². The predicted octanol–water partition coefficient (Wildman–Crippen LogP) is 1.32. The minimum absolute atomic E-state index is 0.0415. The minimum atomic E-state index is 0.0415. The van der Waals surface area contributed by atoms with E-state index in [0.29, 0.717) is 6.42 Å². The van der Waals surface area contributed by atoms with E-state index in [0.717, 1.165) is 15.7 Å². The summed E-state index contributed by atoms with van der Waals surface area (Å²) in [5, 5.41) is 7.96. The maximum Gasteiger partial charge on any atom is 0.0846 e. The number of benzene rings is 1. The van der Waals surface area contributed by atoms with Crippen LogP contribution < -0.4 is 11.3 Å². The molecule has 3 N–H and O–H groups in total. The van der Waals surface area contributed by atoms with E-state index in [2.05, 4.69) is 31.7 Å². The van der Waals surface area contributed by atoms with Gasteiger partial charge in [0, 0.05) is 24.1 Å². The highest BCUT2D eigenvalue weighted by Gasteiger charge is 2.12. The summed E-state index contributed by atoms with van der Waals surface area (Å²) in [6, 6.07) is 8.10. The molecular formula is C11H14BrN5. The highest BCUT2D eigenvalue weighted by molar-refractivity contribution is 9.10. The van der Waals surface area contributed by atoms with Gasteiger partial charge in [-0.3, -0.25) is 16.0 Å². The topological polar surface area (TPSA) is 68.8 Å². The number of halogens is 1. The Kier molecular flexibility index (Phi) is 3.88. The standard InChI is InChI=1S/C11H14BrN5/c1-17-7-10(15-16-17)6-11(14-13)8-2-4-9(12)5-3-8/h2-5,7,11,14H,6,13H2,1H3. The first-order valence-electron chi connectivity index (χ1n) is 5.26. The summed E-state index contributed by atoms with van der Waals surface area (Å²) in [6.07, 6.45) is 2.61. The number of nitrogens with one attached hydrogen (secondary N) is 1. The second-order valence-corrected chi connectivity index (χ2v) is 4.77. The summed E-state index contributed by atoms with van der Waals surface area (Å²) < 4.78 is 2.74. The maximum absolute atomic E-state index is 5.58. The Labute approximate surface area is 108 Å². The van der Waals surface area contributed by atoms with Gasteiger partial charge in [0.1, 0.15) is 0 Å². The van der Waals surface area contributed by atoms with E-state index in [1.807, 2.05) is 37.5 Å². The van der Waals surface area contributed by atoms with Crippen LogP contribution in [0.2, 0.25) is 0 Å². The lowest BCUT2D eigenvalue weighted by atomic mass is 10.0. The molecule has 0 fully saturated rings. The Morgan fingerprint density at radius 2 is 2.12 bits per heavy atom. The number of hydrazine groups is 1. The van der Waals surface area contributed by atoms with E-state index >= 15 is 0 Å². The third kappa shape index (κ3) is 3.12. The van der Waals surface area contributed by atoms with Crippen molar-refractivity contribution in [3.05, 3.63) is 46.2 Å². The summed E-state index contributed by atoms with van der Waals surface area (Å²) in [5.41, 5.74) is 4.84. The van der Waals surface area contributed by atoms with Crippen molar-refractivity contribution in [3.63, 3.8) is 0 Å². The first kappa shape index (κ1) is 12.2. The second kappa shape index (κ2) is 5.39. The van der Waals surface area contributed by atoms with Crippen LogP contribution in [-0.4, -0.2) is 15.0 Å². The van der Waals surface area contributed by atoms with Crippen LogP contribution in [0, 0.1) is 0 Å². The first-order chi connectivity index (χ1) is 8.19.